The average Bonchev–Trinajstić information content (AvgIpc) is 2.36. The van der Waals surface area contributed by atoms with E-state index in [0.717, 1.165) is 12.0 Å². The van der Waals surface area contributed by atoms with E-state index in [1.807, 2.05) is 26.0 Å². The lowest BCUT2D eigenvalue weighted by atomic mass is 9.98. The first kappa shape index (κ1) is 14.8. The van der Waals surface area contributed by atoms with Crippen molar-refractivity contribution in [2.45, 2.75) is 44.4 Å². The molecule has 0 spiro atoms. The molecule has 0 aliphatic heterocycles. The van der Waals surface area contributed by atoms with E-state index in [0.29, 0.717) is 11.3 Å². The largest absolute Gasteiger partial charge is 0.224 e. The molecule has 0 fully saturated rings. The van der Waals surface area contributed by atoms with E-state index < -0.39 is 9.84 Å². The van der Waals surface area contributed by atoms with E-state index >= 15 is 0 Å². The minimum atomic E-state index is -3.12. The summed E-state index contributed by atoms with van der Waals surface area (Å²) >= 11 is 0. The Morgan fingerprint density at radius 2 is 2.06 bits per heavy atom. The van der Waals surface area contributed by atoms with Gasteiger partial charge in [0, 0.05) is 6.42 Å². The van der Waals surface area contributed by atoms with Crippen molar-refractivity contribution < 1.29 is 8.42 Å². The first-order valence-electron chi connectivity index (χ1n) is 6.23. The van der Waals surface area contributed by atoms with Gasteiger partial charge in [-0.3, -0.25) is 0 Å². The highest BCUT2D eigenvalue weighted by atomic mass is 32.2. The van der Waals surface area contributed by atoms with Crippen LogP contribution in [0.1, 0.15) is 45.1 Å². The van der Waals surface area contributed by atoms with E-state index in [9.17, 15) is 8.42 Å². The Morgan fingerprint density at radius 1 is 1.33 bits per heavy atom. The monoisotopic (exact) mass is 264 g/mol. The summed E-state index contributed by atoms with van der Waals surface area (Å²) < 4.78 is 24.0. The summed E-state index contributed by atoms with van der Waals surface area (Å²) in [5, 5.41) is 0. The molecule has 1 rings (SSSR count). The number of hydrogen-bond acceptors (Lipinski definition) is 2. The van der Waals surface area contributed by atoms with E-state index in [1.165, 1.54) is 0 Å². The SMILES string of the molecule is CC#CCC(C)c1cccc(S(=O)(=O)CCC)c1. The molecule has 0 aliphatic rings. The highest BCUT2D eigenvalue weighted by Crippen LogP contribution is 2.22. The van der Waals surface area contributed by atoms with Crippen LogP contribution < -0.4 is 0 Å². The molecular weight excluding hydrogens is 244 g/mol. The summed E-state index contributed by atoms with van der Waals surface area (Å²) in [5.74, 6) is 6.36. The molecule has 0 saturated carbocycles. The van der Waals surface area contributed by atoms with Gasteiger partial charge in [-0.1, -0.05) is 26.0 Å². The van der Waals surface area contributed by atoms with Crippen molar-refractivity contribution >= 4 is 9.84 Å². The van der Waals surface area contributed by atoms with Gasteiger partial charge in [0.05, 0.1) is 10.6 Å². The van der Waals surface area contributed by atoms with Crippen LogP contribution in [0.25, 0.3) is 0 Å². The molecule has 0 bridgehead atoms. The first-order valence-corrected chi connectivity index (χ1v) is 7.88. The summed E-state index contributed by atoms with van der Waals surface area (Å²) in [6, 6.07) is 7.24. The standard InChI is InChI=1S/C15H20O2S/c1-4-6-8-13(3)14-9-7-10-15(12-14)18(16,17)11-5-2/h7,9-10,12-13H,5,8,11H2,1-3H3. The smallest absolute Gasteiger partial charge is 0.178 e. The molecule has 3 heteroatoms. The quantitative estimate of drug-likeness (QED) is 0.764. The first-order chi connectivity index (χ1) is 8.51. The molecule has 1 unspecified atom stereocenters. The van der Waals surface area contributed by atoms with Crippen molar-refractivity contribution in [3.05, 3.63) is 29.8 Å². The highest BCUT2D eigenvalue weighted by Gasteiger charge is 2.14. The van der Waals surface area contributed by atoms with Gasteiger partial charge >= 0.3 is 0 Å². The molecular formula is C15H20O2S. The molecule has 0 aliphatic carbocycles. The van der Waals surface area contributed by atoms with Crippen molar-refractivity contribution in [1.82, 2.24) is 0 Å². The number of hydrogen-bond donors (Lipinski definition) is 0. The number of benzene rings is 1. The molecule has 1 aromatic rings. The Balaban J connectivity index is 3.01. The molecule has 2 nitrogen and oxygen atoms in total. The van der Waals surface area contributed by atoms with Gasteiger partial charge in [0.15, 0.2) is 9.84 Å². The molecule has 1 atom stereocenters. The van der Waals surface area contributed by atoms with Gasteiger partial charge in [-0.15, -0.1) is 11.8 Å². The molecule has 1 aromatic carbocycles. The predicted molar refractivity (Wildman–Crippen MR) is 75.3 cm³/mol. The minimum Gasteiger partial charge on any atom is -0.224 e. The van der Waals surface area contributed by atoms with Gasteiger partial charge in [-0.25, -0.2) is 8.42 Å². The Kier molecular flexibility index (Phi) is 5.43. The second-order valence-electron chi connectivity index (χ2n) is 4.42. The van der Waals surface area contributed by atoms with Crippen molar-refractivity contribution in [1.29, 1.82) is 0 Å². The van der Waals surface area contributed by atoms with Crippen LogP contribution in [-0.2, 0) is 9.84 Å². The fraction of sp³-hybridized carbons (Fsp3) is 0.467. The molecule has 0 radical (unpaired) electrons. The van der Waals surface area contributed by atoms with Crippen LogP contribution in [0.4, 0.5) is 0 Å². The number of rotatable bonds is 5. The Hall–Kier alpha value is -1.27. The minimum absolute atomic E-state index is 0.208. The van der Waals surface area contributed by atoms with Gasteiger partial charge in [-0.05, 0) is 37.0 Å². The normalized spacial score (nSPS) is 12.6. The predicted octanol–water partition coefficient (Wildman–Crippen LogP) is 3.39. The lowest BCUT2D eigenvalue weighted by molar-refractivity contribution is 0.594. The summed E-state index contributed by atoms with van der Waals surface area (Å²) in [6.45, 7) is 5.76. The zero-order valence-electron chi connectivity index (χ0n) is 11.2. The maximum Gasteiger partial charge on any atom is 0.178 e. The van der Waals surface area contributed by atoms with Gasteiger partial charge in [0.2, 0.25) is 0 Å². The molecule has 0 saturated heterocycles. The van der Waals surface area contributed by atoms with E-state index in [2.05, 4.69) is 18.8 Å². The topological polar surface area (TPSA) is 34.1 Å². The van der Waals surface area contributed by atoms with Gasteiger partial charge < -0.3 is 0 Å². The second kappa shape index (κ2) is 6.61. The zero-order valence-corrected chi connectivity index (χ0v) is 12.0. The fourth-order valence-corrected chi connectivity index (χ4v) is 3.15. The van der Waals surface area contributed by atoms with Gasteiger partial charge in [-0.2, -0.15) is 0 Å². The van der Waals surface area contributed by atoms with Gasteiger partial charge in [0.1, 0.15) is 0 Å². The Morgan fingerprint density at radius 3 is 2.67 bits per heavy atom. The molecule has 98 valence electrons. The summed E-state index contributed by atoms with van der Waals surface area (Å²) in [5.41, 5.74) is 1.04. The lowest BCUT2D eigenvalue weighted by Gasteiger charge is -2.10. The van der Waals surface area contributed by atoms with E-state index in [-0.39, 0.29) is 11.7 Å². The zero-order chi connectivity index (χ0) is 13.6. The van der Waals surface area contributed by atoms with Crippen LogP contribution in [0.2, 0.25) is 0 Å². The molecule has 0 aromatic heterocycles. The molecule has 0 heterocycles. The van der Waals surface area contributed by atoms with Crippen molar-refractivity contribution in [2.75, 3.05) is 5.75 Å². The van der Waals surface area contributed by atoms with Crippen molar-refractivity contribution in [3.63, 3.8) is 0 Å². The molecule has 18 heavy (non-hydrogen) atoms. The van der Waals surface area contributed by atoms with Crippen LogP contribution in [0.3, 0.4) is 0 Å². The third-order valence-corrected chi connectivity index (χ3v) is 4.76. The second-order valence-corrected chi connectivity index (χ2v) is 6.53. The Bertz CT molecular complexity index is 547. The third-order valence-electron chi connectivity index (χ3n) is 2.84. The van der Waals surface area contributed by atoms with Crippen LogP contribution in [0.5, 0.6) is 0 Å². The summed E-state index contributed by atoms with van der Waals surface area (Å²) in [7, 11) is -3.12. The summed E-state index contributed by atoms with van der Waals surface area (Å²) in [4.78, 5) is 0.429. The van der Waals surface area contributed by atoms with Crippen LogP contribution in [0.15, 0.2) is 29.2 Å². The maximum absolute atomic E-state index is 12.0. The highest BCUT2D eigenvalue weighted by molar-refractivity contribution is 7.91. The fourth-order valence-electron chi connectivity index (χ4n) is 1.77. The molecule has 0 N–H and O–H groups in total. The van der Waals surface area contributed by atoms with E-state index in [4.69, 9.17) is 0 Å². The van der Waals surface area contributed by atoms with E-state index in [1.54, 1.807) is 12.1 Å². The van der Waals surface area contributed by atoms with Crippen LogP contribution in [-0.4, -0.2) is 14.2 Å². The van der Waals surface area contributed by atoms with Crippen LogP contribution in [0, 0.1) is 11.8 Å². The number of sulfone groups is 1. The maximum atomic E-state index is 12.0. The summed E-state index contributed by atoms with van der Waals surface area (Å²) in [6.07, 6.45) is 1.40. The van der Waals surface area contributed by atoms with Crippen LogP contribution >= 0.6 is 0 Å². The third kappa shape index (κ3) is 3.89. The van der Waals surface area contributed by atoms with Crippen molar-refractivity contribution in [2.24, 2.45) is 0 Å². The Labute approximate surface area is 110 Å². The molecule has 0 amide bonds. The van der Waals surface area contributed by atoms with Gasteiger partial charge in [0.25, 0.3) is 0 Å². The van der Waals surface area contributed by atoms with Crippen molar-refractivity contribution in [3.8, 4) is 11.8 Å². The average molecular weight is 264 g/mol. The lowest BCUT2D eigenvalue weighted by Crippen LogP contribution is -2.06.